The van der Waals surface area contributed by atoms with Crippen LogP contribution in [0.2, 0.25) is 0 Å². The second-order valence-corrected chi connectivity index (χ2v) is 4.65. The molecular weight excluding hydrogens is 252 g/mol. The predicted molar refractivity (Wildman–Crippen MR) is 67.5 cm³/mol. The first-order valence-electron chi connectivity index (χ1n) is 5.28. The predicted octanol–water partition coefficient (Wildman–Crippen LogP) is 2.23. The van der Waals surface area contributed by atoms with Gasteiger partial charge in [-0.15, -0.1) is 11.3 Å². The van der Waals surface area contributed by atoms with Gasteiger partial charge in [-0.25, -0.2) is 9.48 Å². The summed E-state index contributed by atoms with van der Waals surface area (Å²) in [5, 5.41) is 5.96. The lowest BCUT2D eigenvalue weighted by Crippen LogP contribution is -2.06. The van der Waals surface area contributed by atoms with Gasteiger partial charge in [-0.1, -0.05) is 0 Å². The van der Waals surface area contributed by atoms with E-state index in [0.717, 1.165) is 0 Å². The fraction of sp³-hybridized carbons (Fsp3) is 0.250. The number of rotatable bonds is 3. The second kappa shape index (κ2) is 4.73. The lowest BCUT2D eigenvalue weighted by atomic mass is 10.2. The van der Waals surface area contributed by atoms with Crippen molar-refractivity contribution in [1.82, 2.24) is 9.78 Å². The van der Waals surface area contributed by atoms with Crippen molar-refractivity contribution < 1.29 is 14.3 Å². The maximum atomic E-state index is 11.5. The zero-order valence-electron chi connectivity index (χ0n) is 10.3. The summed E-state index contributed by atoms with van der Waals surface area (Å²) >= 11 is 1.36. The Bertz CT molecular complexity index is 613. The maximum absolute atomic E-state index is 11.5. The highest BCUT2D eigenvalue weighted by Gasteiger charge is 2.18. The minimum atomic E-state index is -0.432. The number of nitrogens with zero attached hydrogens (tertiary/aromatic N) is 2. The molecule has 94 valence electrons. The highest BCUT2D eigenvalue weighted by molar-refractivity contribution is 7.12. The third kappa shape index (κ3) is 1.95. The highest BCUT2D eigenvalue weighted by atomic mass is 32.1. The Morgan fingerprint density at radius 3 is 2.78 bits per heavy atom. The minimum absolute atomic E-state index is 0.0190. The van der Waals surface area contributed by atoms with Crippen molar-refractivity contribution in [3.63, 3.8) is 0 Å². The smallest absolute Gasteiger partial charge is 0.341 e. The van der Waals surface area contributed by atoms with E-state index >= 15 is 0 Å². The van der Waals surface area contributed by atoms with Crippen molar-refractivity contribution in [3.05, 3.63) is 33.8 Å². The van der Waals surface area contributed by atoms with Crippen molar-refractivity contribution in [1.29, 1.82) is 0 Å². The van der Waals surface area contributed by atoms with Gasteiger partial charge in [0, 0.05) is 6.92 Å². The maximum Gasteiger partial charge on any atom is 0.341 e. The summed E-state index contributed by atoms with van der Waals surface area (Å²) in [6.07, 6.45) is 1.45. The Morgan fingerprint density at radius 2 is 2.17 bits per heavy atom. The van der Waals surface area contributed by atoms with Crippen molar-refractivity contribution in [3.8, 4) is 5.69 Å². The van der Waals surface area contributed by atoms with Gasteiger partial charge in [0.05, 0.1) is 29.6 Å². The molecule has 0 saturated carbocycles. The molecule has 0 bridgehead atoms. The third-order valence-corrected chi connectivity index (χ3v) is 3.61. The van der Waals surface area contributed by atoms with E-state index in [4.69, 9.17) is 0 Å². The van der Waals surface area contributed by atoms with Gasteiger partial charge in [0.15, 0.2) is 5.78 Å². The number of aromatic nitrogens is 2. The van der Waals surface area contributed by atoms with E-state index in [2.05, 4.69) is 9.84 Å². The Kier molecular flexibility index (Phi) is 3.29. The van der Waals surface area contributed by atoms with E-state index in [1.165, 1.54) is 31.6 Å². The van der Waals surface area contributed by atoms with Gasteiger partial charge in [-0.05, 0) is 18.4 Å². The van der Waals surface area contributed by atoms with Crippen molar-refractivity contribution in [2.75, 3.05) is 7.11 Å². The number of esters is 1. The zero-order valence-corrected chi connectivity index (χ0v) is 11.1. The number of carbonyl (C=O) groups is 2. The molecule has 0 amide bonds. The Morgan fingerprint density at radius 1 is 1.44 bits per heavy atom. The van der Waals surface area contributed by atoms with Gasteiger partial charge >= 0.3 is 5.97 Å². The summed E-state index contributed by atoms with van der Waals surface area (Å²) < 4.78 is 6.25. The van der Waals surface area contributed by atoms with Gasteiger partial charge in [0.2, 0.25) is 0 Å². The molecule has 0 unspecified atom stereocenters. The average Bonchev–Trinajstić information content (AvgIpc) is 2.94. The molecular formula is C12H12N2O3S. The molecule has 0 aliphatic rings. The fourth-order valence-electron chi connectivity index (χ4n) is 1.70. The molecule has 2 aromatic heterocycles. The number of thiophene rings is 1. The summed E-state index contributed by atoms with van der Waals surface area (Å²) in [6.45, 7) is 3.27. The summed E-state index contributed by atoms with van der Waals surface area (Å²) in [4.78, 5) is 23.6. The first-order chi connectivity index (χ1) is 8.56. The van der Waals surface area contributed by atoms with Gasteiger partial charge in [-0.3, -0.25) is 4.79 Å². The number of methoxy groups -OCH3 is 1. The highest BCUT2D eigenvalue weighted by Crippen LogP contribution is 2.23. The van der Waals surface area contributed by atoms with Gasteiger partial charge in [-0.2, -0.15) is 5.10 Å². The number of ketones is 1. The van der Waals surface area contributed by atoms with Crippen LogP contribution in [-0.2, 0) is 4.74 Å². The first-order valence-corrected chi connectivity index (χ1v) is 6.16. The lowest BCUT2D eigenvalue weighted by molar-refractivity contribution is 0.0599. The largest absolute Gasteiger partial charge is 0.465 e. The number of hydrogen-bond donors (Lipinski definition) is 0. The van der Waals surface area contributed by atoms with Gasteiger partial charge < -0.3 is 4.74 Å². The van der Waals surface area contributed by atoms with E-state index in [1.807, 2.05) is 11.4 Å². The van der Waals surface area contributed by atoms with Crippen LogP contribution in [0.5, 0.6) is 0 Å². The standard InChI is InChI=1S/C12H12N2O3S/c1-7-9(12(16)17-3)6-13-14(7)10-4-5-18-11(10)8(2)15/h4-6H,1-3H3. The molecule has 0 atom stereocenters. The van der Waals surface area contributed by atoms with Crippen LogP contribution in [0.25, 0.3) is 5.69 Å². The van der Waals surface area contributed by atoms with Crippen LogP contribution >= 0.6 is 11.3 Å². The van der Waals surface area contributed by atoms with Crippen LogP contribution in [0.15, 0.2) is 17.6 Å². The van der Waals surface area contributed by atoms with Crippen molar-refractivity contribution in [2.45, 2.75) is 13.8 Å². The molecule has 0 N–H and O–H groups in total. The van der Waals surface area contributed by atoms with Crippen LogP contribution in [0.1, 0.15) is 32.6 Å². The SMILES string of the molecule is COC(=O)c1cnn(-c2ccsc2C(C)=O)c1C. The summed E-state index contributed by atoms with van der Waals surface area (Å²) in [6, 6.07) is 1.81. The molecule has 0 aromatic carbocycles. The molecule has 2 heterocycles. The quantitative estimate of drug-likeness (QED) is 0.630. The van der Waals surface area contributed by atoms with E-state index in [9.17, 15) is 9.59 Å². The molecule has 2 rings (SSSR count). The van der Waals surface area contributed by atoms with Crippen molar-refractivity contribution >= 4 is 23.1 Å². The monoisotopic (exact) mass is 264 g/mol. The van der Waals surface area contributed by atoms with Crippen LogP contribution in [-0.4, -0.2) is 28.6 Å². The molecule has 0 radical (unpaired) electrons. The number of carbonyl (C=O) groups excluding carboxylic acids is 2. The number of ether oxygens (including phenoxy) is 1. The second-order valence-electron chi connectivity index (χ2n) is 3.74. The average molecular weight is 264 g/mol. The topological polar surface area (TPSA) is 61.2 Å². The van der Waals surface area contributed by atoms with E-state index in [1.54, 1.807) is 11.6 Å². The van der Waals surface area contributed by atoms with Gasteiger partial charge in [0.25, 0.3) is 0 Å². The first kappa shape index (κ1) is 12.5. The molecule has 0 fully saturated rings. The summed E-state index contributed by atoms with van der Waals surface area (Å²) in [7, 11) is 1.32. The summed E-state index contributed by atoms with van der Waals surface area (Å²) in [5.74, 6) is -0.451. The van der Waals surface area contributed by atoms with Crippen molar-refractivity contribution in [2.24, 2.45) is 0 Å². The van der Waals surface area contributed by atoms with Crippen LogP contribution in [0, 0.1) is 6.92 Å². The normalized spacial score (nSPS) is 10.4. The minimum Gasteiger partial charge on any atom is -0.465 e. The lowest BCUT2D eigenvalue weighted by Gasteiger charge is -2.04. The molecule has 0 aliphatic heterocycles. The molecule has 0 saturated heterocycles. The van der Waals surface area contributed by atoms with Crippen LogP contribution in [0.3, 0.4) is 0 Å². The number of hydrogen-bond acceptors (Lipinski definition) is 5. The molecule has 0 spiro atoms. The van der Waals surface area contributed by atoms with Crippen LogP contribution < -0.4 is 0 Å². The molecule has 6 heteroatoms. The van der Waals surface area contributed by atoms with E-state index in [-0.39, 0.29) is 5.78 Å². The van der Waals surface area contributed by atoms with E-state index in [0.29, 0.717) is 21.8 Å². The van der Waals surface area contributed by atoms with Crippen LogP contribution in [0.4, 0.5) is 0 Å². The van der Waals surface area contributed by atoms with E-state index < -0.39 is 5.97 Å². The number of Topliss-reactive ketones (excluding diaryl/α,β-unsaturated/α-hetero) is 1. The Labute approximate surface area is 108 Å². The molecule has 18 heavy (non-hydrogen) atoms. The fourth-order valence-corrected chi connectivity index (χ4v) is 2.47. The third-order valence-electron chi connectivity index (χ3n) is 2.61. The molecule has 0 aliphatic carbocycles. The molecule has 5 nitrogen and oxygen atoms in total. The molecule has 2 aromatic rings. The zero-order chi connectivity index (χ0) is 13.3. The summed E-state index contributed by atoms with van der Waals surface area (Å²) in [5.41, 5.74) is 1.75. The van der Waals surface area contributed by atoms with Gasteiger partial charge in [0.1, 0.15) is 5.56 Å². The Hall–Kier alpha value is -1.95. The Balaban J connectivity index is 2.52.